The molecule has 2 atom stereocenters. The Hall–Kier alpha value is -6.81. The Bertz CT molecular complexity index is 3310. The summed E-state index contributed by atoms with van der Waals surface area (Å²) in [5, 5.41) is 30.6. The van der Waals surface area contributed by atoms with Gasteiger partial charge in [0.25, 0.3) is 0 Å². The van der Waals surface area contributed by atoms with E-state index in [9.17, 15) is 10.5 Å². The molecule has 8 aromatic rings. The minimum atomic E-state index is 0.396. The number of hydrogen-bond donors (Lipinski definition) is 4. The molecule has 21 heteroatoms. The number of rotatable bonds is 15. The number of pyridine rings is 2. The van der Waals surface area contributed by atoms with Crippen molar-refractivity contribution in [2.45, 2.75) is 30.0 Å². The van der Waals surface area contributed by atoms with Crippen LogP contribution < -0.4 is 40.6 Å². The second-order valence-electron chi connectivity index (χ2n) is 18.1. The standard InChI is InChI=1S/C27H27ClN6O2S.C15H11ClN4OS2.C13H20N2O/c1-34-11-3-4-17(15-34)16-36-20-7-5-19(6-8-20)31-27-33-26-25(37-27)24(18(13-29)14-30-26)32-23-12-21(35-2)9-10-22(23)28;1-21-9-3-4-10(16)11(5-9)19-12-8(6-17)7-18-14-13(12)23-15(20-14)22-2;1-15-8-2-3-11(9-15)10-16-13-6-4-12(14)5-7-13/h5-10,12,14,17H,3-4,11,15-16H2,1-2H3,(H2,30,31,32,33);3-5,7H,1-2H3,(H,18,19);4-7,11H,2-3,8-10,14H2,1H3. The largest absolute Gasteiger partial charge is 0.497 e. The van der Waals surface area contributed by atoms with E-state index in [0.29, 0.717) is 83.7 Å². The van der Waals surface area contributed by atoms with E-state index in [-0.39, 0.29) is 0 Å². The fourth-order valence-electron chi connectivity index (χ4n) is 8.58. The van der Waals surface area contributed by atoms with Gasteiger partial charge in [0.2, 0.25) is 0 Å². The number of nitrogens with two attached hydrogens (primary N) is 1. The summed E-state index contributed by atoms with van der Waals surface area (Å²) in [5.74, 6) is 4.33. The summed E-state index contributed by atoms with van der Waals surface area (Å²) in [6.45, 7) is 6.17. The zero-order chi connectivity index (χ0) is 53.6. The molecule has 394 valence electrons. The SMILES string of the molecule is CN1CCCC(COc2ccc(N)cc2)C1.COc1ccc(Cl)c(Nc2c(C#N)cnc3nc(Nc4ccc(OCC5CCCN(C)C5)cc4)sc23)c1.COc1ccc(Cl)c(Nc2c(C#N)cnc3nc(SC)sc23)c1. The average molecular weight is 1120 g/mol. The van der Waals surface area contributed by atoms with E-state index in [1.165, 1.54) is 73.8 Å². The molecular formula is C55H58Cl2N12O4S3. The van der Waals surface area contributed by atoms with E-state index in [2.05, 4.69) is 71.9 Å². The van der Waals surface area contributed by atoms with Crippen LogP contribution in [0, 0.1) is 34.5 Å². The van der Waals surface area contributed by atoms with Crippen LogP contribution in [0.15, 0.2) is 102 Å². The number of thioether (sulfide) groups is 1. The molecule has 16 nitrogen and oxygen atoms in total. The number of thiazole rings is 2. The van der Waals surface area contributed by atoms with Crippen molar-refractivity contribution in [3.8, 4) is 35.1 Å². The molecule has 5 N–H and O–H groups in total. The van der Waals surface area contributed by atoms with Crippen LogP contribution >= 0.6 is 57.6 Å². The molecule has 0 bridgehead atoms. The summed E-state index contributed by atoms with van der Waals surface area (Å²) in [4.78, 5) is 22.4. The van der Waals surface area contributed by atoms with Crippen LogP contribution in [0.4, 0.5) is 39.3 Å². The van der Waals surface area contributed by atoms with Crippen LogP contribution in [-0.4, -0.2) is 104 Å². The maximum absolute atomic E-state index is 9.70. The van der Waals surface area contributed by atoms with Gasteiger partial charge in [-0.1, -0.05) is 46.3 Å². The Balaban J connectivity index is 0.000000167. The number of ether oxygens (including phenoxy) is 4. The molecule has 2 aliphatic heterocycles. The van der Waals surface area contributed by atoms with Gasteiger partial charge in [-0.25, -0.2) is 15.0 Å². The maximum atomic E-state index is 9.70. The Morgan fingerprint density at radius 2 is 1.14 bits per heavy atom. The second-order valence-corrected chi connectivity index (χ2v) is 22.0. The molecule has 10 rings (SSSR count). The van der Waals surface area contributed by atoms with E-state index in [0.717, 1.165) is 62.9 Å². The minimum Gasteiger partial charge on any atom is -0.497 e. The summed E-state index contributed by atoms with van der Waals surface area (Å²) in [5.41, 5.74) is 11.8. The Morgan fingerprint density at radius 3 is 1.62 bits per heavy atom. The van der Waals surface area contributed by atoms with Crippen molar-refractivity contribution in [1.29, 1.82) is 10.5 Å². The van der Waals surface area contributed by atoms with Gasteiger partial charge >= 0.3 is 0 Å². The van der Waals surface area contributed by atoms with Crippen LogP contribution in [0.1, 0.15) is 36.8 Å². The lowest BCUT2D eigenvalue weighted by Crippen LogP contribution is -2.34. The minimum absolute atomic E-state index is 0.396. The number of nitriles is 2. The molecule has 0 amide bonds. The molecule has 4 aromatic carbocycles. The van der Waals surface area contributed by atoms with E-state index in [1.54, 1.807) is 62.4 Å². The van der Waals surface area contributed by atoms with Crippen molar-refractivity contribution in [3.63, 3.8) is 0 Å². The lowest BCUT2D eigenvalue weighted by Gasteiger charge is -2.29. The van der Waals surface area contributed by atoms with Gasteiger partial charge in [0, 0.05) is 60.8 Å². The highest BCUT2D eigenvalue weighted by Gasteiger charge is 2.21. The molecule has 0 spiro atoms. The molecule has 76 heavy (non-hydrogen) atoms. The zero-order valence-electron chi connectivity index (χ0n) is 42.7. The number of likely N-dealkylation sites (tertiary alicyclic amines) is 2. The van der Waals surface area contributed by atoms with Crippen molar-refractivity contribution in [1.82, 2.24) is 29.7 Å². The van der Waals surface area contributed by atoms with Crippen LogP contribution in [0.3, 0.4) is 0 Å². The lowest BCUT2D eigenvalue weighted by molar-refractivity contribution is 0.150. The Kier molecular flexibility index (Phi) is 19.5. The highest BCUT2D eigenvalue weighted by atomic mass is 35.5. The number of anilines is 7. The first kappa shape index (κ1) is 55.4. The van der Waals surface area contributed by atoms with Gasteiger partial charge in [0.15, 0.2) is 20.8 Å². The van der Waals surface area contributed by atoms with E-state index in [1.807, 2.05) is 54.8 Å². The number of hydrogen-bond acceptors (Lipinski definition) is 19. The number of methoxy groups -OCH3 is 2. The highest BCUT2D eigenvalue weighted by molar-refractivity contribution is 8.00. The number of halogens is 2. The monoisotopic (exact) mass is 1120 g/mol. The van der Waals surface area contributed by atoms with Crippen LogP contribution in [0.5, 0.6) is 23.0 Å². The molecular weight excluding hydrogens is 1060 g/mol. The first-order valence-electron chi connectivity index (χ1n) is 24.4. The average Bonchev–Trinajstić information content (AvgIpc) is 4.07. The van der Waals surface area contributed by atoms with Crippen LogP contribution in [0.25, 0.3) is 20.7 Å². The molecule has 6 heterocycles. The number of nitrogen functional groups attached to an aromatic ring is 1. The molecule has 2 saturated heterocycles. The summed E-state index contributed by atoms with van der Waals surface area (Å²) >= 11 is 17.1. The molecule has 0 saturated carbocycles. The molecule has 0 aliphatic carbocycles. The van der Waals surface area contributed by atoms with Crippen molar-refractivity contribution >= 4 is 118 Å². The van der Waals surface area contributed by atoms with Gasteiger partial charge in [-0.3, -0.25) is 0 Å². The molecule has 2 unspecified atom stereocenters. The maximum Gasteiger partial charge on any atom is 0.189 e. The number of fused-ring (bicyclic) bond motifs is 2. The number of nitrogens with one attached hydrogen (secondary N) is 3. The molecule has 4 aromatic heterocycles. The zero-order valence-corrected chi connectivity index (χ0v) is 46.7. The molecule has 2 aliphatic rings. The predicted molar refractivity (Wildman–Crippen MR) is 311 cm³/mol. The third-order valence-corrected chi connectivity index (χ3v) is 16.2. The van der Waals surface area contributed by atoms with Gasteiger partial charge in [-0.2, -0.15) is 15.5 Å². The lowest BCUT2D eigenvalue weighted by atomic mass is 10.00. The van der Waals surface area contributed by atoms with Crippen molar-refractivity contribution in [3.05, 3.63) is 118 Å². The third-order valence-electron chi connectivity index (χ3n) is 12.5. The summed E-state index contributed by atoms with van der Waals surface area (Å²) in [7, 11) is 7.52. The van der Waals surface area contributed by atoms with E-state index in [4.69, 9.17) is 47.9 Å². The Labute approximate surface area is 465 Å². The number of piperidine rings is 2. The Morgan fingerprint density at radius 1 is 0.671 bits per heavy atom. The van der Waals surface area contributed by atoms with Crippen molar-refractivity contribution in [2.75, 3.05) is 95.6 Å². The summed E-state index contributed by atoms with van der Waals surface area (Å²) in [6.07, 6.45) is 9.98. The first-order chi connectivity index (χ1) is 36.9. The van der Waals surface area contributed by atoms with Crippen molar-refractivity contribution in [2.24, 2.45) is 11.8 Å². The molecule has 2 fully saturated rings. The van der Waals surface area contributed by atoms with Gasteiger partial charge in [-0.15, -0.1) is 11.3 Å². The van der Waals surface area contributed by atoms with Gasteiger partial charge in [0.1, 0.15) is 39.8 Å². The summed E-state index contributed by atoms with van der Waals surface area (Å²) < 4.78 is 24.8. The second kappa shape index (κ2) is 26.8. The predicted octanol–water partition coefficient (Wildman–Crippen LogP) is 13.1. The van der Waals surface area contributed by atoms with Crippen LogP contribution in [0.2, 0.25) is 10.0 Å². The quantitative estimate of drug-likeness (QED) is 0.0556. The summed E-state index contributed by atoms with van der Waals surface area (Å²) in [6, 6.07) is 30.5. The van der Waals surface area contributed by atoms with E-state index >= 15 is 0 Å². The number of benzene rings is 4. The van der Waals surface area contributed by atoms with Crippen molar-refractivity contribution < 1.29 is 18.9 Å². The van der Waals surface area contributed by atoms with Gasteiger partial charge < -0.3 is 50.4 Å². The van der Waals surface area contributed by atoms with E-state index < -0.39 is 0 Å². The highest BCUT2D eigenvalue weighted by Crippen LogP contribution is 2.40. The molecule has 0 radical (unpaired) electrons. The normalized spacial score (nSPS) is 15.5. The van der Waals surface area contributed by atoms with Gasteiger partial charge in [-0.05, 0) is 132 Å². The first-order valence-corrected chi connectivity index (χ1v) is 28.0. The fraction of sp³-hybridized carbons (Fsp3) is 0.309. The number of nitrogens with zero attached hydrogens (tertiary/aromatic N) is 8. The fourth-order valence-corrected chi connectivity index (χ4v) is 11.4. The number of aromatic nitrogens is 4. The third kappa shape index (κ3) is 14.8. The van der Waals surface area contributed by atoms with Gasteiger partial charge in [0.05, 0.1) is 76.1 Å². The van der Waals surface area contributed by atoms with Crippen LogP contribution in [-0.2, 0) is 0 Å². The topological polar surface area (TPSA) is 205 Å². The smallest absolute Gasteiger partial charge is 0.189 e.